The molecule has 1 aliphatic heterocycles. The molecule has 0 amide bonds. The zero-order chi connectivity index (χ0) is 13.9. The number of nitrogens with two attached hydrogens (primary N) is 1. The molecule has 4 nitrogen and oxygen atoms in total. The van der Waals surface area contributed by atoms with Crippen molar-refractivity contribution in [1.82, 2.24) is 9.80 Å². The minimum atomic E-state index is -0.131. The van der Waals surface area contributed by atoms with Crippen molar-refractivity contribution < 1.29 is 0 Å². The molecule has 2 rings (SSSR count). The maximum Gasteiger partial charge on any atom is 0.0963 e. The van der Waals surface area contributed by atoms with Crippen molar-refractivity contribution in [3.8, 4) is 0 Å². The standard InChI is InChI=1S/C15H30N4/c1-15(2,14(16)17)6-3-7-18-8-10-19(11-9-18)12-13-4-5-13/h13H,3-12H2,1-2H3,(H3,16,17). The fourth-order valence-electron chi connectivity index (χ4n) is 2.74. The molecule has 0 atom stereocenters. The topological polar surface area (TPSA) is 56.4 Å². The van der Waals surface area contributed by atoms with Gasteiger partial charge in [-0.2, -0.15) is 0 Å². The highest BCUT2D eigenvalue weighted by atomic mass is 15.3. The molecular weight excluding hydrogens is 236 g/mol. The fourth-order valence-corrected chi connectivity index (χ4v) is 2.74. The zero-order valence-electron chi connectivity index (χ0n) is 12.6. The van der Waals surface area contributed by atoms with E-state index in [9.17, 15) is 0 Å². The monoisotopic (exact) mass is 266 g/mol. The maximum absolute atomic E-state index is 7.57. The van der Waals surface area contributed by atoms with Crippen LogP contribution < -0.4 is 5.73 Å². The van der Waals surface area contributed by atoms with E-state index in [1.807, 2.05) is 0 Å². The second kappa shape index (κ2) is 6.23. The van der Waals surface area contributed by atoms with Gasteiger partial charge in [0.15, 0.2) is 0 Å². The van der Waals surface area contributed by atoms with E-state index in [4.69, 9.17) is 11.1 Å². The molecule has 2 fully saturated rings. The van der Waals surface area contributed by atoms with E-state index >= 15 is 0 Å². The van der Waals surface area contributed by atoms with Gasteiger partial charge in [-0.05, 0) is 38.1 Å². The van der Waals surface area contributed by atoms with E-state index in [0.29, 0.717) is 5.84 Å². The summed E-state index contributed by atoms with van der Waals surface area (Å²) < 4.78 is 0. The van der Waals surface area contributed by atoms with Crippen LogP contribution in [0.5, 0.6) is 0 Å². The molecule has 1 saturated carbocycles. The third-order valence-corrected chi connectivity index (χ3v) is 4.68. The molecule has 110 valence electrons. The van der Waals surface area contributed by atoms with E-state index in [0.717, 1.165) is 25.3 Å². The highest BCUT2D eigenvalue weighted by Crippen LogP contribution is 2.30. The highest BCUT2D eigenvalue weighted by molar-refractivity contribution is 5.82. The van der Waals surface area contributed by atoms with Crippen LogP contribution in [-0.2, 0) is 0 Å². The molecule has 19 heavy (non-hydrogen) atoms. The van der Waals surface area contributed by atoms with E-state index in [1.165, 1.54) is 45.6 Å². The van der Waals surface area contributed by atoms with E-state index in [2.05, 4.69) is 23.6 Å². The van der Waals surface area contributed by atoms with Gasteiger partial charge in [0.25, 0.3) is 0 Å². The second-order valence-corrected chi connectivity index (χ2v) is 6.99. The van der Waals surface area contributed by atoms with Crippen molar-refractivity contribution in [2.24, 2.45) is 17.1 Å². The number of hydrogen-bond acceptors (Lipinski definition) is 3. The predicted molar refractivity (Wildman–Crippen MR) is 80.5 cm³/mol. The molecule has 4 heteroatoms. The lowest BCUT2D eigenvalue weighted by atomic mass is 9.86. The van der Waals surface area contributed by atoms with E-state index in [-0.39, 0.29) is 5.41 Å². The van der Waals surface area contributed by atoms with E-state index in [1.54, 1.807) is 0 Å². The lowest BCUT2D eigenvalue weighted by Crippen LogP contribution is -2.47. The van der Waals surface area contributed by atoms with Crippen LogP contribution in [0.4, 0.5) is 0 Å². The molecule has 0 aromatic rings. The zero-order valence-corrected chi connectivity index (χ0v) is 12.6. The summed E-state index contributed by atoms with van der Waals surface area (Å²) in [4.78, 5) is 5.20. The summed E-state index contributed by atoms with van der Waals surface area (Å²) in [6.07, 6.45) is 5.08. The lowest BCUT2D eigenvalue weighted by Gasteiger charge is -2.35. The van der Waals surface area contributed by atoms with Gasteiger partial charge in [0.1, 0.15) is 0 Å². The van der Waals surface area contributed by atoms with Gasteiger partial charge in [-0.1, -0.05) is 13.8 Å². The van der Waals surface area contributed by atoms with Crippen LogP contribution in [0.1, 0.15) is 39.5 Å². The summed E-state index contributed by atoms with van der Waals surface area (Å²) in [7, 11) is 0. The Balaban J connectivity index is 1.58. The summed E-state index contributed by atoms with van der Waals surface area (Å²) in [5, 5.41) is 7.57. The molecule has 0 radical (unpaired) electrons. The Kier molecular flexibility index (Phi) is 4.85. The Labute approximate surface area is 117 Å². The molecule has 0 aromatic carbocycles. The Morgan fingerprint density at radius 1 is 1.16 bits per heavy atom. The largest absolute Gasteiger partial charge is 0.387 e. The molecule has 2 aliphatic rings. The second-order valence-electron chi connectivity index (χ2n) is 6.99. The number of amidine groups is 1. The van der Waals surface area contributed by atoms with Gasteiger partial charge in [-0.3, -0.25) is 5.41 Å². The minimum absolute atomic E-state index is 0.131. The SMILES string of the molecule is CC(C)(CCCN1CCN(CC2CC2)CC1)C(=N)N. The first-order chi connectivity index (χ1) is 8.97. The number of nitrogens with one attached hydrogen (secondary N) is 1. The number of piperazine rings is 1. The molecule has 1 saturated heterocycles. The first kappa shape index (κ1) is 14.8. The summed E-state index contributed by atoms with van der Waals surface area (Å²) in [6, 6.07) is 0. The molecule has 0 spiro atoms. The van der Waals surface area contributed by atoms with Gasteiger partial charge in [0.05, 0.1) is 5.84 Å². The average molecular weight is 266 g/mol. The highest BCUT2D eigenvalue weighted by Gasteiger charge is 2.26. The Morgan fingerprint density at radius 3 is 2.26 bits per heavy atom. The third kappa shape index (κ3) is 4.77. The molecule has 0 bridgehead atoms. The maximum atomic E-state index is 7.57. The average Bonchev–Trinajstić information content (AvgIpc) is 3.15. The lowest BCUT2D eigenvalue weighted by molar-refractivity contribution is 0.125. The van der Waals surface area contributed by atoms with Gasteiger partial charge in [0, 0.05) is 38.1 Å². The minimum Gasteiger partial charge on any atom is -0.387 e. The molecular formula is C15H30N4. The first-order valence-corrected chi connectivity index (χ1v) is 7.76. The van der Waals surface area contributed by atoms with E-state index < -0.39 is 0 Å². The number of rotatable bonds is 7. The van der Waals surface area contributed by atoms with Crippen LogP contribution in [-0.4, -0.2) is 54.9 Å². The Morgan fingerprint density at radius 2 is 1.74 bits per heavy atom. The predicted octanol–water partition coefficient (Wildman–Crippen LogP) is 1.76. The Bertz CT molecular complexity index is 301. The normalized spacial score (nSPS) is 22.6. The van der Waals surface area contributed by atoms with Crippen LogP contribution in [0.2, 0.25) is 0 Å². The van der Waals surface area contributed by atoms with Crippen LogP contribution >= 0.6 is 0 Å². The van der Waals surface area contributed by atoms with Crippen LogP contribution in [0.25, 0.3) is 0 Å². The summed E-state index contributed by atoms with van der Waals surface area (Å²) in [6.45, 7) is 11.6. The van der Waals surface area contributed by atoms with Gasteiger partial charge in [-0.25, -0.2) is 0 Å². The summed E-state index contributed by atoms with van der Waals surface area (Å²) >= 11 is 0. The van der Waals surface area contributed by atoms with Gasteiger partial charge < -0.3 is 15.5 Å². The van der Waals surface area contributed by atoms with Gasteiger partial charge >= 0.3 is 0 Å². The number of hydrogen-bond donors (Lipinski definition) is 2. The van der Waals surface area contributed by atoms with Crippen LogP contribution in [0, 0.1) is 16.7 Å². The van der Waals surface area contributed by atoms with Crippen molar-refractivity contribution in [2.45, 2.75) is 39.5 Å². The van der Waals surface area contributed by atoms with Crippen molar-refractivity contribution >= 4 is 5.84 Å². The molecule has 1 heterocycles. The smallest absolute Gasteiger partial charge is 0.0963 e. The molecule has 0 aromatic heterocycles. The van der Waals surface area contributed by atoms with Gasteiger partial charge in [0.2, 0.25) is 0 Å². The van der Waals surface area contributed by atoms with Crippen LogP contribution in [0.15, 0.2) is 0 Å². The van der Waals surface area contributed by atoms with Crippen molar-refractivity contribution in [1.29, 1.82) is 5.41 Å². The summed E-state index contributed by atoms with van der Waals surface area (Å²) in [5.41, 5.74) is 5.49. The third-order valence-electron chi connectivity index (χ3n) is 4.68. The quantitative estimate of drug-likeness (QED) is 0.545. The van der Waals surface area contributed by atoms with Crippen molar-refractivity contribution in [3.63, 3.8) is 0 Å². The summed E-state index contributed by atoms with van der Waals surface area (Å²) in [5.74, 6) is 1.34. The first-order valence-electron chi connectivity index (χ1n) is 7.76. The van der Waals surface area contributed by atoms with Crippen molar-refractivity contribution in [2.75, 3.05) is 39.3 Å². The molecule has 0 unspecified atom stereocenters. The molecule has 3 N–H and O–H groups in total. The number of nitrogens with zero attached hydrogens (tertiary/aromatic N) is 2. The van der Waals surface area contributed by atoms with Crippen LogP contribution in [0.3, 0.4) is 0 Å². The van der Waals surface area contributed by atoms with Crippen molar-refractivity contribution in [3.05, 3.63) is 0 Å². The fraction of sp³-hybridized carbons (Fsp3) is 0.933. The Hall–Kier alpha value is -0.610. The van der Waals surface area contributed by atoms with Gasteiger partial charge in [-0.15, -0.1) is 0 Å². The molecule has 1 aliphatic carbocycles.